The second-order valence-corrected chi connectivity index (χ2v) is 3.85. The van der Waals surface area contributed by atoms with Crippen LogP contribution in [0.15, 0.2) is 24.4 Å². The molecular weight excluding hydrogens is 190 g/mol. The molecule has 15 heavy (non-hydrogen) atoms. The van der Waals surface area contributed by atoms with Crippen LogP contribution in [-0.2, 0) is 11.3 Å². The molecule has 80 valence electrons. The van der Waals surface area contributed by atoms with E-state index in [-0.39, 0.29) is 11.9 Å². The predicted octanol–water partition coefficient (Wildman–Crippen LogP) is 0.531. The molecule has 1 aromatic heterocycles. The molecule has 1 saturated heterocycles. The van der Waals surface area contributed by atoms with E-state index in [1.54, 1.807) is 6.20 Å². The summed E-state index contributed by atoms with van der Waals surface area (Å²) in [6.07, 6.45) is 3.69. The van der Waals surface area contributed by atoms with Gasteiger partial charge in [0, 0.05) is 12.7 Å². The highest BCUT2D eigenvalue weighted by Gasteiger charge is 2.28. The van der Waals surface area contributed by atoms with Gasteiger partial charge in [-0.05, 0) is 31.5 Å². The molecule has 0 radical (unpaired) electrons. The van der Waals surface area contributed by atoms with E-state index in [1.165, 1.54) is 0 Å². The average molecular weight is 205 g/mol. The quantitative estimate of drug-likeness (QED) is 0.783. The summed E-state index contributed by atoms with van der Waals surface area (Å²) in [5, 5.41) is 0. The van der Waals surface area contributed by atoms with Crippen LogP contribution in [0.2, 0.25) is 0 Å². The van der Waals surface area contributed by atoms with Gasteiger partial charge in [0.1, 0.15) is 0 Å². The van der Waals surface area contributed by atoms with Crippen molar-refractivity contribution >= 4 is 5.91 Å². The smallest absolute Gasteiger partial charge is 0.234 e. The first-order valence-electron chi connectivity index (χ1n) is 5.20. The Labute approximate surface area is 89.1 Å². The van der Waals surface area contributed by atoms with E-state index in [4.69, 9.17) is 5.73 Å². The SMILES string of the molecule is NC(=O)[C@H]1CCCN1Cc1ccccn1. The molecule has 2 N–H and O–H groups in total. The summed E-state index contributed by atoms with van der Waals surface area (Å²) in [4.78, 5) is 17.5. The van der Waals surface area contributed by atoms with Crippen LogP contribution in [0.4, 0.5) is 0 Å². The van der Waals surface area contributed by atoms with Crippen LogP contribution in [0, 0.1) is 0 Å². The molecule has 2 heterocycles. The third kappa shape index (κ3) is 2.33. The monoisotopic (exact) mass is 205 g/mol. The minimum absolute atomic E-state index is 0.105. The normalized spacial score (nSPS) is 21.7. The summed E-state index contributed by atoms with van der Waals surface area (Å²) in [5.41, 5.74) is 6.33. The molecule has 1 aliphatic rings. The van der Waals surface area contributed by atoms with Crippen LogP contribution >= 0.6 is 0 Å². The Morgan fingerprint density at radius 2 is 2.47 bits per heavy atom. The zero-order valence-electron chi connectivity index (χ0n) is 8.60. The largest absolute Gasteiger partial charge is 0.368 e. The zero-order chi connectivity index (χ0) is 10.7. The number of amides is 1. The first-order chi connectivity index (χ1) is 7.27. The van der Waals surface area contributed by atoms with Crippen LogP contribution in [-0.4, -0.2) is 28.4 Å². The molecule has 1 aromatic rings. The highest BCUT2D eigenvalue weighted by Crippen LogP contribution is 2.18. The maximum Gasteiger partial charge on any atom is 0.234 e. The molecule has 0 aliphatic carbocycles. The number of nitrogens with zero attached hydrogens (tertiary/aromatic N) is 2. The fraction of sp³-hybridized carbons (Fsp3) is 0.455. The number of rotatable bonds is 3. The summed E-state index contributed by atoms with van der Waals surface area (Å²) >= 11 is 0. The number of primary amides is 1. The van der Waals surface area contributed by atoms with Crippen LogP contribution in [0.1, 0.15) is 18.5 Å². The average Bonchev–Trinajstić information content (AvgIpc) is 2.67. The van der Waals surface area contributed by atoms with E-state index < -0.39 is 0 Å². The minimum Gasteiger partial charge on any atom is -0.368 e. The number of nitrogens with two attached hydrogens (primary N) is 1. The Hall–Kier alpha value is -1.42. The van der Waals surface area contributed by atoms with Crippen molar-refractivity contribution in [3.8, 4) is 0 Å². The van der Waals surface area contributed by atoms with Crippen LogP contribution < -0.4 is 5.73 Å². The van der Waals surface area contributed by atoms with Gasteiger partial charge in [0.15, 0.2) is 0 Å². The van der Waals surface area contributed by atoms with Gasteiger partial charge < -0.3 is 5.73 Å². The summed E-state index contributed by atoms with van der Waals surface area (Å²) in [7, 11) is 0. The van der Waals surface area contributed by atoms with Crippen molar-refractivity contribution in [3.05, 3.63) is 30.1 Å². The molecule has 0 spiro atoms. The maximum atomic E-state index is 11.2. The van der Waals surface area contributed by atoms with Crippen LogP contribution in [0.3, 0.4) is 0 Å². The van der Waals surface area contributed by atoms with E-state index in [9.17, 15) is 4.79 Å². The molecule has 1 aliphatic heterocycles. The Bertz CT molecular complexity index is 339. The lowest BCUT2D eigenvalue weighted by atomic mass is 10.2. The van der Waals surface area contributed by atoms with Crippen molar-refractivity contribution in [2.24, 2.45) is 5.73 Å². The first kappa shape index (κ1) is 10.1. The Morgan fingerprint density at radius 1 is 1.60 bits per heavy atom. The number of hydrogen-bond donors (Lipinski definition) is 1. The van der Waals surface area contributed by atoms with Gasteiger partial charge in [0.25, 0.3) is 0 Å². The van der Waals surface area contributed by atoms with Gasteiger partial charge in [-0.1, -0.05) is 6.07 Å². The summed E-state index contributed by atoms with van der Waals surface area (Å²) in [6, 6.07) is 5.71. The van der Waals surface area contributed by atoms with Crippen molar-refractivity contribution in [2.75, 3.05) is 6.54 Å². The second-order valence-electron chi connectivity index (χ2n) is 3.85. The number of aromatic nitrogens is 1. The molecular formula is C11H15N3O. The van der Waals surface area contributed by atoms with Crippen molar-refractivity contribution in [3.63, 3.8) is 0 Å². The molecule has 2 rings (SSSR count). The van der Waals surface area contributed by atoms with Crippen molar-refractivity contribution in [1.82, 2.24) is 9.88 Å². The molecule has 1 atom stereocenters. The van der Waals surface area contributed by atoms with Gasteiger partial charge in [0.05, 0.1) is 11.7 Å². The van der Waals surface area contributed by atoms with E-state index in [0.29, 0.717) is 6.54 Å². The summed E-state index contributed by atoms with van der Waals surface area (Å²) in [5.74, 6) is -0.219. The molecule has 0 bridgehead atoms. The first-order valence-corrected chi connectivity index (χ1v) is 5.20. The Balaban J connectivity index is 2.03. The van der Waals surface area contributed by atoms with Crippen molar-refractivity contribution < 1.29 is 4.79 Å². The highest BCUT2D eigenvalue weighted by molar-refractivity contribution is 5.80. The number of hydrogen-bond acceptors (Lipinski definition) is 3. The predicted molar refractivity (Wildman–Crippen MR) is 56.9 cm³/mol. The van der Waals surface area contributed by atoms with Crippen LogP contribution in [0.5, 0.6) is 0 Å². The molecule has 0 saturated carbocycles. The molecule has 1 amide bonds. The van der Waals surface area contributed by atoms with Gasteiger partial charge in [-0.3, -0.25) is 14.7 Å². The molecule has 4 heteroatoms. The fourth-order valence-electron chi connectivity index (χ4n) is 2.04. The highest BCUT2D eigenvalue weighted by atomic mass is 16.1. The zero-order valence-corrected chi connectivity index (χ0v) is 8.60. The standard InChI is InChI=1S/C11H15N3O/c12-11(15)10-5-3-7-14(10)8-9-4-1-2-6-13-9/h1-2,4,6,10H,3,5,7-8H2,(H2,12,15)/t10-/m1/s1. The topological polar surface area (TPSA) is 59.2 Å². The molecule has 0 aromatic carbocycles. The van der Waals surface area contributed by atoms with Gasteiger partial charge >= 0.3 is 0 Å². The van der Waals surface area contributed by atoms with Crippen molar-refractivity contribution in [2.45, 2.75) is 25.4 Å². The Morgan fingerprint density at radius 3 is 3.13 bits per heavy atom. The Kier molecular flexibility index (Phi) is 2.97. The second kappa shape index (κ2) is 4.40. The van der Waals surface area contributed by atoms with Gasteiger partial charge in [-0.2, -0.15) is 0 Å². The third-order valence-corrected chi connectivity index (χ3v) is 2.78. The summed E-state index contributed by atoms with van der Waals surface area (Å²) < 4.78 is 0. The summed E-state index contributed by atoms with van der Waals surface area (Å²) in [6.45, 7) is 1.65. The number of pyridine rings is 1. The molecule has 4 nitrogen and oxygen atoms in total. The number of carbonyl (C=O) groups excluding carboxylic acids is 1. The van der Waals surface area contributed by atoms with Crippen LogP contribution in [0.25, 0.3) is 0 Å². The van der Waals surface area contributed by atoms with E-state index in [0.717, 1.165) is 25.1 Å². The molecule has 0 unspecified atom stereocenters. The lowest BCUT2D eigenvalue weighted by Gasteiger charge is -2.20. The third-order valence-electron chi connectivity index (χ3n) is 2.78. The maximum absolute atomic E-state index is 11.2. The van der Waals surface area contributed by atoms with Gasteiger partial charge in [-0.25, -0.2) is 0 Å². The number of carbonyl (C=O) groups is 1. The minimum atomic E-state index is -0.219. The lowest BCUT2D eigenvalue weighted by Crippen LogP contribution is -2.39. The van der Waals surface area contributed by atoms with Crippen molar-refractivity contribution in [1.29, 1.82) is 0 Å². The number of likely N-dealkylation sites (tertiary alicyclic amines) is 1. The van der Waals surface area contributed by atoms with E-state index in [1.807, 2.05) is 18.2 Å². The lowest BCUT2D eigenvalue weighted by molar-refractivity contribution is -0.122. The van der Waals surface area contributed by atoms with Gasteiger partial charge in [-0.15, -0.1) is 0 Å². The molecule has 1 fully saturated rings. The fourth-order valence-corrected chi connectivity index (χ4v) is 2.04. The van der Waals surface area contributed by atoms with E-state index >= 15 is 0 Å². The van der Waals surface area contributed by atoms with E-state index in [2.05, 4.69) is 9.88 Å². The van der Waals surface area contributed by atoms with Gasteiger partial charge in [0.2, 0.25) is 5.91 Å².